The minimum atomic E-state index is -0.286. The van der Waals surface area contributed by atoms with Crippen molar-refractivity contribution in [1.29, 1.82) is 0 Å². The quantitative estimate of drug-likeness (QED) is 0.778. The van der Waals surface area contributed by atoms with Crippen molar-refractivity contribution < 1.29 is 13.6 Å². The molecule has 1 aliphatic carbocycles. The van der Waals surface area contributed by atoms with Crippen molar-refractivity contribution in [2.75, 3.05) is 5.32 Å². The normalized spacial score (nSPS) is 13.9. The third kappa shape index (κ3) is 2.92. The van der Waals surface area contributed by atoms with Crippen LogP contribution in [0.25, 0.3) is 11.6 Å². The second-order valence-electron chi connectivity index (χ2n) is 5.74. The SMILES string of the molecule is O=C(C1CC1)n1nc(-c2ccco2)nc1NCc1ccc(F)cc1. The molecular weight excluding hydrogens is 311 g/mol. The summed E-state index contributed by atoms with van der Waals surface area (Å²) in [5.41, 5.74) is 0.879. The van der Waals surface area contributed by atoms with Gasteiger partial charge in [-0.1, -0.05) is 12.1 Å². The highest BCUT2D eigenvalue weighted by Crippen LogP contribution is 2.32. The first-order valence-electron chi connectivity index (χ1n) is 7.74. The number of nitrogens with one attached hydrogen (secondary N) is 1. The van der Waals surface area contributed by atoms with Crippen LogP contribution in [0.4, 0.5) is 10.3 Å². The fourth-order valence-electron chi connectivity index (χ4n) is 2.38. The molecule has 0 atom stereocenters. The van der Waals surface area contributed by atoms with Gasteiger partial charge in [0, 0.05) is 12.5 Å². The molecule has 122 valence electrons. The molecule has 0 unspecified atom stereocenters. The van der Waals surface area contributed by atoms with E-state index in [1.54, 1.807) is 24.3 Å². The Kier molecular flexibility index (Phi) is 3.60. The second kappa shape index (κ2) is 5.92. The molecule has 6 nitrogen and oxygen atoms in total. The number of aromatic nitrogens is 3. The number of hydrogen-bond donors (Lipinski definition) is 1. The number of nitrogens with zero attached hydrogens (tertiary/aromatic N) is 3. The molecule has 1 fully saturated rings. The van der Waals surface area contributed by atoms with Crippen LogP contribution in [0.15, 0.2) is 47.1 Å². The molecule has 1 aliphatic rings. The maximum Gasteiger partial charge on any atom is 0.253 e. The highest BCUT2D eigenvalue weighted by Gasteiger charge is 2.33. The van der Waals surface area contributed by atoms with Gasteiger partial charge in [-0.15, -0.1) is 5.10 Å². The average molecular weight is 326 g/mol. The van der Waals surface area contributed by atoms with Gasteiger partial charge in [-0.05, 0) is 42.7 Å². The summed E-state index contributed by atoms with van der Waals surface area (Å²) in [7, 11) is 0. The van der Waals surface area contributed by atoms with E-state index in [0.717, 1.165) is 18.4 Å². The van der Waals surface area contributed by atoms with E-state index in [1.165, 1.54) is 23.1 Å². The summed E-state index contributed by atoms with van der Waals surface area (Å²) < 4.78 is 19.6. The molecule has 0 spiro atoms. The van der Waals surface area contributed by atoms with Crippen LogP contribution in [-0.4, -0.2) is 20.7 Å². The van der Waals surface area contributed by atoms with Crippen molar-refractivity contribution in [3.05, 3.63) is 54.0 Å². The summed E-state index contributed by atoms with van der Waals surface area (Å²) in [4.78, 5) is 16.8. The van der Waals surface area contributed by atoms with Gasteiger partial charge >= 0.3 is 0 Å². The fourth-order valence-corrected chi connectivity index (χ4v) is 2.38. The lowest BCUT2D eigenvalue weighted by Crippen LogP contribution is -2.18. The zero-order valence-corrected chi connectivity index (χ0v) is 12.8. The van der Waals surface area contributed by atoms with E-state index in [-0.39, 0.29) is 17.6 Å². The molecule has 1 saturated carbocycles. The number of hydrogen-bond acceptors (Lipinski definition) is 5. The fraction of sp³-hybridized carbons (Fsp3) is 0.235. The maximum absolute atomic E-state index is 13.0. The molecular formula is C17H15FN4O2. The molecule has 4 rings (SSSR count). The standard InChI is InChI=1S/C17H15FN4O2/c18-13-7-3-11(4-8-13)10-19-17-20-15(14-2-1-9-24-14)21-22(17)16(23)12-5-6-12/h1-4,7-9,12H,5-6,10H2,(H,19,20,21). The molecule has 0 bridgehead atoms. The molecule has 0 radical (unpaired) electrons. The summed E-state index contributed by atoms with van der Waals surface area (Å²) in [6.07, 6.45) is 3.29. The second-order valence-corrected chi connectivity index (χ2v) is 5.74. The van der Waals surface area contributed by atoms with Crippen LogP contribution >= 0.6 is 0 Å². The van der Waals surface area contributed by atoms with Gasteiger partial charge in [0.25, 0.3) is 5.91 Å². The van der Waals surface area contributed by atoms with Crippen molar-refractivity contribution >= 4 is 11.9 Å². The first-order chi connectivity index (χ1) is 11.7. The Bertz CT molecular complexity index is 851. The van der Waals surface area contributed by atoms with Crippen LogP contribution < -0.4 is 5.32 Å². The Morgan fingerprint density at radius 2 is 2.08 bits per heavy atom. The van der Waals surface area contributed by atoms with Crippen LogP contribution in [0.3, 0.4) is 0 Å². The van der Waals surface area contributed by atoms with Crippen LogP contribution in [0.1, 0.15) is 23.2 Å². The van der Waals surface area contributed by atoms with E-state index in [9.17, 15) is 9.18 Å². The van der Waals surface area contributed by atoms with Crippen molar-refractivity contribution in [1.82, 2.24) is 14.8 Å². The molecule has 2 aromatic heterocycles. The number of halogens is 1. The van der Waals surface area contributed by atoms with Gasteiger partial charge in [-0.3, -0.25) is 4.79 Å². The van der Waals surface area contributed by atoms with Crippen molar-refractivity contribution in [2.24, 2.45) is 5.92 Å². The minimum Gasteiger partial charge on any atom is -0.461 e. The Labute approximate surface area is 137 Å². The van der Waals surface area contributed by atoms with Gasteiger partial charge in [0.15, 0.2) is 5.76 Å². The van der Waals surface area contributed by atoms with Gasteiger partial charge in [0.05, 0.1) is 6.26 Å². The molecule has 7 heteroatoms. The summed E-state index contributed by atoms with van der Waals surface area (Å²) in [6.45, 7) is 0.411. The van der Waals surface area contributed by atoms with Crippen LogP contribution in [0.2, 0.25) is 0 Å². The summed E-state index contributed by atoms with van der Waals surface area (Å²) >= 11 is 0. The number of anilines is 1. The Morgan fingerprint density at radius 1 is 1.29 bits per heavy atom. The Morgan fingerprint density at radius 3 is 2.75 bits per heavy atom. The molecule has 2 heterocycles. The van der Waals surface area contributed by atoms with Crippen LogP contribution in [0, 0.1) is 11.7 Å². The molecule has 24 heavy (non-hydrogen) atoms. The average Bonchev–Trinajstić information content (AvgIpc) is 3.13. The Hall–Kier alpha value is -2.96. The third-order valence-corrected chi connectivity index (χ3v) is 3.85. The lowest BCUT2D eigenvalue weighted by molar-refractivity contribution is 0.0872. The lowest BCUT2D eigenvalue weighted by Gasteiger charge is -2.06. The van der Waals surface area contributed by atoms with E-state index in [1.807, 2.05) is 0 Å². The van der Waals surface area contributed by atoms with E-state index >= 15 is 0 Å². The van der Waals surface area contributed by atoms with Crippen molar-refractivity contribution in [3.8, 4) is 11.6 Å². The smallest absolute Gasteiger partial charge is 0.253 e. The van der Waals surface area contributed by atoms with E-state index in [4.69, 9.17) is 4.42 Å². The van der Waals surface area contributed by atoms with Crippen molar-refractivity contribution in [3.63, 3.8) is 0 Å². The first-order valence-corrected chi connectivity index (χ1v) is 7.74. The number of carbonyl (C=O) groups excluding carboxylic acids is 1. The Balaban J connectivity index is 1.60. The maximum atomic E-state index is 13.0. The highest BCUT2D eigenvalue weighted by molar-refractivity contribution is 5.85. The molecule has 1 N–H and O–H groups in total. The summed E-state index contributed by atoms with van der Waals surface area (Å²) in [6, 6.07) is 9.63. The summed E-state index contributed by atoms with van der Waals surface area (Å²) in [5, 5.41) is 7.38. The third-order valence-electron chi connectivity index (χ3n) is 3.85. The highest BCUT2D eigenvalue weighted by atomic mass is 19.1. The molecule has 3 aromatic rings. The first kappa shape index (κ1) is 14.6. The number of furan rings is 1. The summed E-state index contributed by atoms with van der Waals surface area (Å²) in [5.74, 6) is 0.885. The van der Waals surface area contributed by atoms with Gasteiger partial charge in [0.1, 0.15) is 5.82 Å². The number of carbonyl (C=O) groups is 1. The largest absolute Gasteiger partial charge is 0.461 e. The van der Waals surface area contributed by atoms with Crippen LogP contribution in [0.5, 0.6) is 0 Å². The molecule has 0 aliphatic heterocycles. The van der Waals surface area contributed by atoms with E-state index in [0.29, 0.717) is 24.1 Å². The number of benzene rings is 1. The monoisotopic (exact) mass is 326 g/mol. The molecule has 0 amide bonds. The van der Waals surface area contributed by atoms with Gasteiger partial charge < -0.3 is 9.73 Å². The van der Waals surface area contributed by atoms with Gasteiger partial charge in [-0.2, -0.15) is 9.67 Å². The minimum absolute atomic E-state index is 0.0162. The zero-order valence-electron chi connectivity index (χ0n) is 12.8. The van der Waals surface area contributed by atoms with Gasteiger partial charge in [0.2, 0.25) is 11.8 Å². The number of rotatable bonds is 5. The molecule has 0 saturated heterocycles. The van der Waals surface area contributed by atoms with E-state index < -0.39 is 0 Å². The zero-order chi connectivity index (χ0) is 16.5. The lowest BCUT2D eigenvalue weighted by atomic mass is 10.2. The van der Waals surface area contributed by atoms with Gasteiger partial charge in [-0.25, -0.2) is 4.39 Å². The van der Waals surface area contributed by atoms with Crippen molar-refractivity contribution in [2.45, 2.75) is 19.4 Å². The van der Waals surface area contributed by atoms with Crippen LogP contribution in [-0.2, 0) is 6.54 Å². The van der Waals surface area contributed by atoms with E-state index in [2.05, 4.69) is 15.4 Å². The molecule has 1 aromatic carbocycles. The predicted octanol–water partition coefficient (Wildman–Crippen LogP) is 3.34. The predicted molar refractivity (Wildman–Crippen MR) is 84.8 cm³/mol. The topological polar surface area (TPSA) is 73.0 Å².